The Bertz CT molecular complexity index is 545. The number of aliphatic hydroxyl groups is 1. The number of hydrogen-bond acceptors (Lipinski definition) is 3. The largest absolute Gasteiger partial charge is 0.419 e. The first-order chi connectivity index (χ1) is 9.60. The summed E-state index contributed by atoms with van der Waals surface area (Å²) in [6.07, 6.45) is -5.43. The highest BCUT2D eigenvalue weighted by atomic mass is 19.4. The van der Waals surface area contributed by atoms with Crippen molar-refractivity contribution in [2.45, 2.75) is 30.8 Å². The van der Waals surface area contributed by atoms with Crippen LogP contribution in [0.2, 0.25) is 0 Å². The Balaban J connectivity index is 2.31. The number of nitrogens with one attached hydrogen (secondary N) is 1. The van der Waals surface area contributed by atoms with Crippen LogP contribution in [0.15, 0.2) is 24.3 Å². The fourth-order valence-electron chi connectivity index (χ4n) is 2.27. The van der Waals surface area contributed by atoms with Gasteiger partial charge in [0.25, 0.3) is 0 Å². The van der Waals surface area contributed by atoms with E-state index in [0.29, 0.717) is 0 Å². The molecule has 2 N–H and O–H groups in total. The number of ether oxygens (including phenoxy) is 1. The third-order valence-electron chi connectivity index (χ3n) is 3.42. The number of halogens is 4. The number of carbonyl (C=O) groups is 1. The maximum Gasteiger partial charge on any atom is 0.419 e. The van der Waals surface area contributed by atoms with Crippen molar-refractivity contribution in [3.05, 3.63) is 35.6 Å². The average molecular weight is 307 g/mol. The highest BCUT2D eigenvalue weighted by Gasteiger charge is 2.74. The molecular weight excluding hydrogens is 294 g/mol. The zero-order chi connectivity index (χ0) is 15.9. The SMILES string of the molecule is CC(=O)NC1(C(F)(F)F)COC1(O)Cc1ccc(F)cc1. The lowest BCUT2D eigenvalue weighted by molar-refractivity contribution is -0.410. The van der Waals surface area contributed by atoms with Crippen LogP contribution in [-0.2, 0) is 16.0 Å². The molecule has 0 aromatic heterocycles. The monoisotopic (exact) mass is 307 g/mol. The van der Waals surface area contributed by atoms with Crippen LogP contribution in [0.3, 0.4) is 0 Å². The summed E-state index contributed by atoms with van der Waals surface area (Å²) in [6.45, 7) is 0.0396. The van der Waals surface area contributed by atoms with E-state index in [1.807, 2.05) is 0 Å². The summed E-state index contributed by atoms with van der Waals surface area (Å²) in [5.41, 5.74) is -2.63. The summed E-state index contributed by atoms with van der Waals surface area (Å²) in [5, 5.41) is 11.9. The van der Waals surface area contributed by atoms with E-state index < -0.39 is 42.3 Å². The topological polar surface area (TPSA) is 58.6 Å². The Hall–Kier alpha value is -1.67. The molecule has 0 radical (unpaired) electrons. The van der Waals surface area contributed by atoms with Crippen LogP contribution in [0.25, 0.3) is 0 Å². The highest BCUT2D eigenvalue weighted by Crippen LogP contribution is 2.48. The molecule has 0 spiro atoms. The fourth-order valence-corrected chi connectivity index (χ4v) is 2.27. The predicted molar refractivity (Wildman–Crippen MR) is 63.6 cm³/mol. The van der Waals surface area contributed by atoms with E-state index in [4.69, 9.17) is 4.74 Å². The second-order valence-electron chi connectivity index (χ2n) is 4.96. The van der Waals surface area contributed by atoms with Crippen molar-refractivity contribution >= 4 is 5.91 Å². The molecule has 1 aromatic carbocycles. The van der Waals surface area contributed by atoms with Crippen molar-refractivity contribution in [3.8, 4) is 0 Å². The lowest BCUT2D eigenvalue weighted by Crippen LogP contribution is -2.82. The molecule has 1 saturated heterocycles. The molecule has 1 aliphatic heterocycles. The molecule has 8 heteroatoms. The molecule has 4 nitrogen and oxygen atoms in total. The van der Waals surface area contributed by atoms with Gasteiger partial charge in [0, 0.05) is 13.3 Å². The Morgan fingerprint density at radius 2 is 1.95 bits per heavy atom. The molecule has 0 aliphatic carbocycles. The molecule has 1 heterocycles. The van der Waals surface area contributed by atoms with Gasteiger partial charge in [-0.1, -0.05) is 12.1 Å². The van der Waals surface area contributed by atoms with E-state index >= 15 is 0 Å². The highest BCUT2D eigenvalue weighted by molar-refractivity contribution is 5.74. The maximum absolute atomic E-state index is 13.3. The quantitative estimate of drug-likeness (QED) is 0.833. The molecule has 1 aliphatic rings. The Labute approximate surface area is 117 Å². The molecule has 2 rings (SSSR count). The summed E-state index contributed by atoms with van der Waals surface area (Å²) in [5.74, 6) is -4.12. The number of hydrogen-bond donors (Lipinski definition) is 2. The van der Waals surface area contributed by atoms with E-state index in [0.717, 1.165) is 19.1 Å². The van der Waals surface area contributed by atoms with Gasteiger partial charge in [-0.2, -0.15) is 13.2 Å². The lowest BCUT2D eigenvalue weighted by atomic mass is 9.79. The van der Waals surface area contributed by atoms with Gasteiger partial charge in [0.15, 0.2) is 0 Å². The normalized spacial score (nSPS) is 28.9. The Morgan fingerprint density at radius 3 is 2.33 bits per heavy atom. The predicted octanol–water partition coefficient (Wildman–Crippen LogP) is 1.52. The number of amides is 1. The van der Waals surface area contributed by atoms with Crippen molar-refractivity contribution < 1.29 is 32.2 Å². The van der Waals surface area contributed by atoms with Gasteiger partial charge in [0.2, 0.25) is 17.2 Å². The van der Waals surface area contributed by atoms with Crippen LogP contribution < -0.4 is 5.32 Å². The minimum absolute atomic E-state index is 0.248. The molecular formula is C13H13F4NO3. The van der Waals surface area contributed by atoms with Crippen molar-refractivity contribution in [1.29, 1.82) is 0 Å². The van der Waals surface area contributed by atoms with Crippen LogP contribution in [0.5, 0.6) is 0 Å². The van der Waals surface area contributed by atoms with E-state index in [1.165, 1.54) is 12.1 Å². The molecule has 1 fully saturated rings. The molecule has 1 amide bonds. The second-order valence-corrected chi connectivity index (χ2v) is 4.96. The van der Waals surface area contributed by atoms with E-state index in [-0.39, 0.29) is 5.56 Å². The zero-order valence-corrected chi connectivity index (χ0v) is 11.0. The number of carbonyl (C=O) groups excluding carboxylic acids is 1. The van der Waals surface area contributed by atoms with Crippen molar-refractivity contribution in [1.82, 2.24) is 5.32 Å². The first kappa shape index (κ1) is 15.7. The van der Waals surface area contributed by atoms with Gasteiger partial charge in [0.1, 0.15) is 5.82 Å². The van der Waals surface area contributed by atoms with E-state index in [2.05, 4.69) is 0 Å². The third-order valence-corrected chi connectivity index (χ3v) is 3.42. The smallest absolute Gasteiger partial charge is 0.363 e. The van der Waals surface area contributed by atoms with E-state index in [9.17, 15) is 27.5 Å². The summed E-state index contributed by atoms with van der Waals surface area (Å²) in [4.78, 5) is 11.1. The number of benzene rings is 1. The third kappa shape index (κ3) is 2.60. The Morgan fingerprint density at radius 1 is 1.38 bits per heavy atom. The van der Waals surface area contributed by atoms with Gasteiger partial charge in [-0.15, -0.1) is 0 Å². The summed E-state index contributed by atoms with van der Waals surface area (Å²) < 4.78 is 57.3. The first-order valence-corrected chi connectivity index (χ1v) is 6.06. The zero-order valence-electron chi connectivity index (χ0n) is 11.0. The standard InChI is InChI=1S/C13H13F4NO3/c1-8(19)18-11(13(15,16)17)7-21-12(11,20)6-9-2-4-10(14)5-3-9/h2-5,20H,6-7H2,1H3,(H,18,19). The van der Waals surface area contributed by atoms with Gasteiger partial charge in [-0.3, -0.25) is 4.79 Å². The average Bonchev–Trinajstić information content (AvgIpc) is 2.35. The van der Waals surface area contributed by atoms with Crippen LogP contribution in [0.4, 0.5) is 17.6 Å². The van der Waals surface area contributed by atoms with Crippen LogP contribution in [-0.4, -0.2) is 35.1 Å². The summed E-state index contributed by atoms with van der Waals surface area (Å²) >= 11 is 0. The summed E-state index contributed by atoms with van der Waals surface area (Å²) in [7, 11) is 0. The second kappa shape index (κ2) is 4.96. The van der Waals surface area contributed by atoms with Crippen molar-refractivity contribution in [3.63, 3.8) is 0 Å². The number of alkyl halides is 3. The minimum Gasteiger partial charge on any atom is -0.363 e. The molecule has 116 valence electrons. The van der Waals surface area contributed by atoms with Gasteiger partial charge in [0.05, 0.1) is 6.61 Å². The molecule has 2 atom stereocenters. The van der Waals surface area contributed by atoms with Gasteiger partial charge < -0.3 is 15.2 Å². The van der Waals surface area contributed by atoms with Gasteiger partial charge in [-0.05, 0) is 17.7 Å². The maximum atomic E-state index is 13.3. The lowest BCUT2D eigenvalue weighted by Gasteiger charge is -2.55. The van der Waals surface area contributed by atoms with Crippen LogP contribution in [0, 0.1) is 5.82 Å². The van der Waals surface area contributed by atoms with Gasteiger partial charge >= 0.3 is 6.18 Å². The molecule has 0 bridgehead atoms. The van der Waals surface area contributed by atoms with Gasteiger partial charge in [-0.25, -0.2) is 4.39 Å². The first-order valence-electron chi connectivity index (χ1n) is 6.06. The molecule has 21 heavy (non-hydrogen) atoms. The van der Waals surface area contributed by atoms with Crippen molar-refractivity contribution in [2.24, 2.45) is 0 Å². The Kier molecular flexibility index (Phi) is 3.71. The van der Waals surface area contributed by atoms with E-state index in [1.54, 1.807) is 5.32 Å². The molecule has 0 saturated carbocycles. The van der Waals surface area contributed by atoms with Crippen molar-refractivity contribution in [2.75, 3.05) is 6.61 Å². The molecule has 1 aromatic rings. The fraction of sp³-hybridized carbons (Fsp3) is 0.462. The van der Waals surface area contributed by atoms with Crippen LogP contribution >= 0.6 is 0 Å². The minimum atomic E-state index is -4.90. The molecule has 2 unspecified atom stereocenters. The number of rotatable bonds is 3. The van der Waals surface area contributed by atoms with Crippen LogP contribution in [0.1, 0.15) is 12.5 Å². The summed E-state index contributed by atoms with van der Waals surface area (Å²) in [6, 6.07) is 4.60.